The Hall–Kier alpha value is -2.85. The first-order valence-electron chi connectivity index (χ1n) is 7.03. The lowest BCUT2D eigenvalue weighted by Gasteiger charge is -2.14. The van der Waals surface area contributed by atoms with Crippen LogP contribution in [0.4, 0.5) is 0 Å². The molecule has 0 unspecified atom stereocenters. The molecule has 0 amide bonds. The third-order valence-electron chi connectivity index (χ3n) is 3.72. The molecule has 3 aromatic carbocycles. The monoisotopic (exact) mass is 291 g/mol. The van der Waals surface area contributed by atoms with Gasteiger partial charge in [-0.3, -0.25) is 4.79 Å². The molecule has 4 rings (SSSR count). The lowest BCUT2D eigenvalue weighted by molar-refractivity contribution is -0.233. The van der Waals surface area contributed by atoms with Crippen LogP contribution in [0.25, 0.3) is 10.8 Å². The second kappa shape index (κ2) is 5.16. The van der Waals surface area contributed by atoms with Gasteiger partial charge in [0, 0.05) is 10.8 Å². The molecular weight excluding hydrogens is 278 g/mol. The van der Waals surface area contributed by atoms with Crippen LogP contribution in [0.3, 0.4) is 0 Å². The molecule has 0 radical (unpaired) electrons. The Bertz CT molecular complexity index is 835. The molecule has 1 aliphatic heterocycles. The number of nitrogens with zero attached hydrogens (tertiary/aromatic N) is 1. The third kappa shape index (κ3) is 2.10. The van der Waals surface area contributed by atoms with Crippen molar-refractivity contribution in [2.75, 3.05) is 0 Å². The maximum absolute atomic E-state index is 11.2. The van der Waals surface area contributed by atoms with Crippen LogP contribution in [-0.2, 0) is 6.54 Å². The van der Waals surface area contributed by atoms with Crippen molar-refractivity contribution >= 4 is 17.1 Å². The molecule has 0 spiro atoms. The molecule has 0 aliphatic carbocycles. The minimum absolute atomic E-state index is 0.467. The van der Waals surface area contributed by atoms with Crippen LogP contribution in [0.15, 0.2) is 60.7 Å². The van der Waals surface area contributed by atoms with Gasteiger partial charge in [-0.2, -0.15) is 0 Å². The van der Waals surface area contributed by atoms with Crippen molar-refractivity contribution in [3.63, 3.8) is 0 Å². The Kier molecular flexibility index (Phi) is 3.02. The molecule has 0 fully saturated rings. The minimum atomic E-state index is 0.467. The molecule has 1 aliphatic rings. The predicted molar refractivity (Wildman–Crippen MR) is 82.6 cm³/mol. The Morgan fingerprint density at radius 1 is 0.818 bits per heavy atom. The van der Waals surface area contributed by atoms with E-state index in [4.69, 9.17) is 9.68 Å². The highest BCUT2D eigenvalue weighted by atomic mass is 17.0. The van der Waals surface area contributed by atoms with Gasteiger partial charge in [-0.25, -0.2) is 0 Å². The maximum atomic E-state index is 11.2. The lowest BCUT2D eigenvalue weighted by Crippen LogP contribution is -2.25. The minimum Gasteiger partial charge on any atom is -0.367 e. The van der Waals surface area contributed by atoms with Gasteiger partial charge in [0.05, 0.1) is 6.54 Å². The standard InChI is InChI=1S/C18H13NO3/c20-12-14-10-9-13(15-5-1-2-6-16(14)15)11-19-21-17-7-3-4-8-18(17)22-19/h1-10,12H,11H2. The predicted octanol–water partition coefficient (Wildman–Crippen LogP) is 3.76. The molecule has 0 saturated carbocycles. The number of aldehydes is 1. The summed E-state index contributed by atoms with van der Waals surface area (Å²) in [4.78, 5) is 22.5. The number of benzene rings is 3. The molecule has 3 aromatic rings. The van der Waals surface area contributed by atoms with Crippen LogP contribution < -0.4 is 9.68 Å². The SMILES string of the molecule is O=Cc1ccc(CN2Oc3ccccc3O2)c2ccccc12. The van der Waals surface area contributed by atoms with Gasteiger partial charge >= 0.3 is 0 Å². The van der Waals surface area contributed by atoms with Crippen molar-refractivity contribution in [3.8, 4) is 11.5 Å². The Morgan fingerprint density at radius 2 is 1.45 bits per heavy atom. The molecule has 0 saturated heterocycles. The third-order valence-corrected chi connectivity index (χ3v) is 3.72. The maximum Gasteiger partial charge on any atom is 0.196 e. The number of rotatable bonds is 3. The van der Waals surface area contributed by atoms with E-state index in [-0.39, 0.29) is 0 Å². The topological polar surface area (TPSA) is 38.8 Å². The molecule has 108 valence electrons. The second-order valence-corrected chi connectivity index (χ2v) is 5.10. The first-order valence-corrected chi connectivity index (χ1v) is 7.03. The molecule has 0 bridgehead atoms. The number of hydrogen-bond acceptors (Lipinski definition) is 4. The van der Waals surface area contributed by atoms with Crippen LogP contribution in [-0.4, -0.2) is 11.5 Å². The highest BCUT2D eigenvalue weighted by Gasteiger charge is 2.23. The van der Waals surface area contributed by atoms with Crippen molar-refractivity contribution < 1.29 is 14.5 Å². The summed E-state index contributed by atoms with van der Waals surface area (Å²) in [5.41, 5.74) is 1.72. The summed E-state index contributed by atoms with van der Waals surface area (Å²) in [6, 6.07) is 19.1. The Labute approximate surface area is 127 Å². The summed E-state index contributed by atoms with van der Waals surface area (Å²) < 4.78 is 0. The first kappa shape index (κ1) is 12.9. The summed E-state index contributed by atoms with van der Waals surface area (Å²) in [5, 5.41) is 3.41. The second-order valence-electron chi connectivity index (χ2n) is 5.10. The van der Waals surface area contributed by atoms with Crippen LogP contribution >= 0.6 is 0 Å². The molecule has 22 heavy (non-hydrogen) atoms. The van der Waals surface area contributed by atoms with Crippen LogP contribution in [0.5, 0.6) is 11.5 Å². The van der Waals surface area contributed by atoms with Gasteiger partial charge in [-0.05, 0) is 28.5 Å². The molecule has 0 N–H and O–H groups in total. The van der Waals surface area contributed by atoms with Gasteiger partial charge < -0.3 is 9.68 Å². The van der Waals surface area contributed by atoms with Gasteiger partial charge in [0.1, 0.15) is 0 Å². The van der Waals surface area contributed by atoms with E-state index in [0.717, 1.165) is 22.6 Å². The summed E-state index contributed by atoms with van der Waals surface area (Å²) >= 11 is 0. The number of hydrogen-bond donors (Lipinski definition) is 0. The summed E-state index contributed by atoms with van der Waals surface area (Å²) in [7, 11) is 0. The lowest BCUT2D eigenvalue weighted by atomic mass is 10.0. The van der Waals surface area contributed by atoms with Gasteiger partial charge in [-0.1, -0.05) is 48.5 Å². The van der Waals surface area contributed by atoms with Gasteiger partial charge in [0.15, 0.2) is 17.8 Å². The number of fused-ring (bicyclic) bond motifs is 2. The largest absolute Gasteiger partial charge is 0.367 e. The van der Waals surface area contributed by atoms with Crippen molar-refractivity contribution in [3.05, 3.63) is 71.8 Å². The smallest absolute Gasteiger partial charge is 0.196 e. The summed E-state index contributed by atoms with van der Waals surface area (Å²) in [6.45, 7) is 0.467. The van der Waals surface area contributed by atoms with Crippen molar-refractivity contribution in [1.82, 2.24) is 5.23 Å². The molecule has 1 heterocycles. The zero-order valence-electron chi connectivity index (χ0n) is 11.7. The normalized spacial score (nSPS) is 13.5. The van der Waals surface area contributed by atoms with E-state index in [1.165, 1.54) is 5.23 Å². The Morgan fingerprint density at radius 3 is 2.14 bits per heavy atom. The zero-order chi connectivity index (χ0) is 14.9. The Balaban J connectivity index is 1.68. The highest BCUT2D eigenvalue weighted by Crippen LogP contribution is 2.34. The fourth-order valence-corrected chi connectivity index (χ4v) is 2.67. The number of para-hydroxylation sites is 2. The molecule has 0 atom stereocenters. The van der Waals surface area contributed by atoms with E-state index in [2.05, 4.69) is 0 Å². The fraction of sp³-hybridized carbons (Fsp3) is 0.0556. The quantitative estimate of drug-likeness (QED) is 0.689. The molecule has 0 aromatic heterocycles. The van der Waals surface area contributed by atoms with Gasteiger partial charge in [0.2, 0.25) is 0 Å². The van der Waals surface area contributed by atoms with Crippen molar-refractivity contribution in [1.29, 1.82) is 0 Å². The molecule has 4 nitrogen and oxygen atoms in total. The number of carbonyl (C=O) groups is 1. The highest BCUT2D eigenvalue weighted by molar-refractivity contribution is 5.99. The zero-order valence-corrected chi connectivity index (χ0v) is 11.7. The van der Waals surface area contributed by atoms with Crippen LogP contribution in [0, 0.1) is 0 Å². The molecular formula is C18H13NO3. The van der Waals surface area contributed by atoms with Crippen LogP contribution in [0.2, 0.25) is 0 Å². The first-order chi connectivity index (χ1) is 10.8. The van der Waals surface area contributed by atoms with E-state index >= 15 is 0 Å². The van der Waals surface area contributed by atoms with Gasteiger partial charge in [0.25, 0.3) is 0 Å². The average Bonchev–Trinajstić information content (AvgIpc) is 2.97. The van der Waals surface area contributed by atoms with E-state index in [1.54, 1.807) is 0 Å². The van der Waals surface area contributed by atoms with E-state index in [9.17, 15) is 4.79 Å². The van der Waals surface area contributed by atoms with Crippen molar-refractivity contribution in [2.24, 2.45) is 0 Å². The van der Waals surface area contributed by atoms with Crippen LogP contribution in [0.1, 0.15) is 15.9 Å². The van der Waals surface area contributed by atoms with E-state index in [1.807, 2.05) is 60.7 Å². The van der Waals surface area contributed by atoms with E-state index < -0.39 is 0 Å². The van der Waals surface area contributed by atoms with E-state index in [0.29, 0.717) is 23.6 Å². The summed E-state index contributed by atoms with van der Waals surface area (Å²) in [5.74, 6) is 1.41. The average molecular weight is 291 g/mol. The number of carbonyl (C=O) groups excluding carboxylic acids is 1. The molecule has 4 heteroatoms. The summed E-state index contributed by atoms with van der Waals surface area (Å²) in [6.07, 6.45) is 0.880. The van der Waals surface area contributed by atoms with Crippen molar-refractivity contribution in [2.45, 2.75) is 6.54 Å². The fourth-order valence-electron chi connectivity index (χ4n) is 2.67. The van der Waals surface area contributed by atoms with Gasteiger partial charge in [-0.15, -0.1) is 0 Å². The number of hydroxylamine groups is 2.